The van der Waals surface area contributed by atoms with Gasteiger partial charge in [-0.05, 0) is 13.8 Å². The van der Waals surface area contributed by atoms with Crippen LogP contribution in [0.15, 0.2) is 16.6 Å². The van der Waals surface area contributed by atoms with Crippen LogP contribution in [-0.2, 0) is 0 Å². The van der Waals surface area contributed by atoms with Crippen LogP contribution in [-0.4, -0.2) is 10.8 Å². The van der Waals surface area contributed by atoms with Gasteiger partial charge in [-0.1, -0.05) is 0 Å². The normalized spacial score (nSPS) is 14.9. The minimum absolute atomic E-state index is 0.0972. The number of nitrogens with zero attached hydrogens (tertiary/aromatic N) is 2. The summed E-state index contributed by atoms with van der Waals surface area (Å²) < 4.78 is 0. The van der Waals surface area contributed by atoms with Crippen LogP contribution in [0.1, 0.15) is 24.9 Å². The van der Waals surface area contributed by atoms with E-state index in [0.717, 1.165) is 5.01 Å². The predicted molar refractivity (Wildman–Crippen MR) is 47.8 cm³/mol. The summed E-state index contributed by atoms with van der Waals surface area (Å²) in [7, 11) is 0. The second-order valence-electron chi connectivity index (χ2n) is 2.32. The van der Waals surface area contributed by atoms with Crippen LogP contribution >= 0.6 is 11.3 Å². The summed E-state index contributed by atoms with van der Waals surface area (Å²) in [4.78, 5) is 8.29. The van der Waals surface area contributed by atoms with Crippen molar-refractivity contribution >= 4 is 17.2 Å². The largest absolute Gasteiger partial charge is 0.388 e. The highest BCUT2D eigenvalue weighted by molar-refractivity contribution is 7.09. The van der Waals surface area contributed by atoms with Gasteiger partial charge in [-0.3, -0.25) is 4.99 Å². The van der Waals surface area contributed by atoms with Gasteiger partial charge in [0.05, 0.1) is 5.84 Å². The van der Waals surface area contributed by atoms with E-state index in [1.165, 1.54) is 0 Å². The van der Waals surface area contributed by atoms with Crippen LogP contribution in [0.5, 0.6) is 0 Å². The lowest BCUT2D eigenvalue weighted by Crippen LogP contribution is -2.07. The molecule has 0 saturated heterocycles. The van der Waals surface area contributed by atoms with Crippen LogP contribution in [0.4, 0.5) is 0 Å². The summed E-state index contributed by atoms with van der Waals surface area (Å²) in [5, 5.41) is 2.95. The maximum Gasteiger partial charge on any atom is 0.117 e. The molecule has 60 valence electrons. The number of hydrogen-bond donors (Lipinski definition) is 1. The number of nitrogens with two attached hydrogens (primary N) is 1. The maximum absolute atomic E-state index is 5.43. The first-order valence-electron chi connectivity index (χ1n) is 3.39. The Labute approximate surface area is 70.0 Å². The molecule has 0 amide bonds. The summed E-state index contributed by atoms with van der Waals surface area (Å²) in [6.07, 6.45) is 1.78. The Hall–Kier alpha value is -0.900. The van der Waals surface area contributed by atoms with Crippen LogP contribution in [0, 0.1) is 0 Å². The van der Waals surface area contributed by atoms with Crippen LogP contribution in [0.3, 0.4) is 0 Å². The smallest absolute Gasteiger partial charge is 0.117 e. The number of hydrogen-bond acceptors (Lipinski definition) is 3. The van der Waals surface area contributed by atoms with Gasteiger partial charge in [0.2, 0.25) is 0 Å². The molecule has 1 aromatic rings. The van der Waals surface area contributed by atoms with E-state index < -0.39 is 0 Å². The van der Waals surface area contributed by atoms with Gasteiger partial charge in [-0.2, -0.15) is 0 Å². The van der Waals surface area contributed by atoms with Gasteiger partial charge in [0.15, 0.2) is 0 Å². The SMILES string of the molecule is CC(N)=NC(C)c1nccs1. The molecule has 3 nitrogen and oxygen atoms in total. The zero-order chi connectivity index (χ0) is 8.27. The molecular formula is C7H11N3S. The average Bonchev–Trinajstić information content (AvgIpc) is 2.35. The summed E-state index contributed by atoms with van der Waals surface area (Å²) in [5.74, 6) is 0.604. The molecule has 2 N–H and O–H groups in total. The van der Waals surface area contributed by atoms with Gasteiger partial charge in [-0.25, -0.2) is 4.98 Å². The van der Waals surface area contributed by atoms with E-state index in [2.05, 4.69) is 9.98 Å². The van der Waals surface area contributed by atoms with Crippen molar-refractivity contribution in [1.29, 1.82) is 0 Å². The Morgan fingerprint density at radius 1 is 1.82 bits per heavy atom. The van der Waals surface area contributed by atoms with Gasteiger partial charge < -0.3 is 5.73 Å². The van der Waals surface area contributed by atoms with E-state index in [-0.39, 0.29) is 6.04 Å². The summed E-state index contributed by atoms with van der Waals surface area (Å²) >= 11 is 1.60. The third kappa shape index (κ3) is 2.31. The predicted octanol–water partition coefficient (Wildman–Crippen LogP) is 1.58. The molecule has 1 rings (SSSR count). The van der Waals surface area contributed by atoms with Gasteiger partial charge in [-0.15, -0.1) is 11.3 Å². The molecule has 0 aliphatic carbocycles. The van der Waals surface area contributed by atoms with Crippen LogP contribution in [0.2, 0.25) is 0 Å². The lowest BCUT2D eigenvalue weighted by atomic mass is 10.4. The fourth-order valence-electron chi connectivity index (χ4n) is 0.801. The molecule has 0 radical (unpaired) electrons. The highest BCUT2D eigenvalue weighted by atomic mass is 32.1. The minimum atomic E-state index is 0.0972. The number of aromatic nitrogens is 1. The number of amidine groups is 1. The highest BCUT2D eigenvalue weighted by Crippen LogP contribution is 2.18. The molecule has 1 heterocycles. The maximum atomic E-state index is 5.43. The second kappa shape index (κ2) is 3.48. The quantitative estimate of drug-likeness (QED) is 0.540. The van der Waals surface area contributed by atoms with E-state index in [4.69, 9.17) is 5.73 Å². The van der Waals surface area contributed by atoms with E-state index in [1.54, 1.807) is 24.5 Å². The first-order valence-corrected chi connectivity index (χ1v) is 4.27. The standard InChI is InChI=1S/C7H11N3S/c1-5(10-6(2)8)7-9-3-4-11-7/h3-5H,1-2H3,(H2,8,10). The van der Waals surface area contributed by atoms with Gasteiger partial charge in [0.1, 0.15) is 11.0 Å². The van der Waals surface area contributed by atoms with Crippen LogP contribution < -0.4 is 5.73 Å². The second-order valence-corrected chi connectivity index (χ2v) is 3.24. The molecule has 4 heteroatoms. The third-order valence-electron chi connectivity index (χ3n) is 1.21. The molecule has 11 heavy (non-hydrogen) atoms. The summed E-state index contributed by atoms with van der Waals surface area (Å²) in [6, 6.07) is 0.0972. The van der Waals surface area contributed by atoms with Gasteiger partial charge in [0, 0.05) is 11.6 Å². The fraction of sp³-hybridized carbons (Fsp3) is 0.429. The number of rotatable bonds is 2. The van der Waals surface area contributed by atoms with E-state index in [0.29, 0.717) is 5.84 Å². The van der Waals surface area contributed by atoms with Crippen molar-refractivity contribution in [3.8, 4) is 0 Å². The highest BCUT2D eigenvalue weighted by Gasteiger charge is 2.04. The third-order valence-corrected chi connectivity index (χ3v) is 2.15. The zero-order valence-electron chi connectivity index (χ0n) is 6.61. The fourth-order valence-corrected chi connectivity index (χ4v) is 1.43. The van der Waals surface area contributed by atoms with Crippen molar-refractivity contribution in [2.45, 2.75) is 19.9 Å². The molecule has 1 atom stereocenters. The molecular weight excluding hydrogens is 158 g/mol. The molecule has 1 unspecified atom stereocenters. The Balaban J connectivity index is 2.71. The Kier molecular flexibility index (Phi) is 2.59. The van der Waals surface area contributed by atoms with Crippen molar-refractivity contribution in [3.63, 3.8) is 0 Å². The lowest BCUT2D eigenvalue weighted by molar-refractivity contribution is 0.806. The van der Waals surface area contributed by atoms with Crippen molar-refractivity contribution in [2.24, 2.45) is 10.7 Å². The monoisotopic (exact) mass is 169 g/mol. The topological polar surface area (TPSA) is 51.3 Å². The number of aliphatic imine (C=N–C) groups is 1. The molecule has 0 aliphatic heterocycles. The Morgan fingerprint density at radius 3 is 3.00 bits per heavy atom. The van der Waals surface area contributed by atoms with E-state index in [9.17, 15) is 0 Å². The van der Waals surface area contributed by atoms with Crippen molar-refractivity contribution in [1.82, 2.24) is 4.98 Å². The summed E-state index contributed by atoms with van der Waals surface area (Å²) in [5.41, 5.74) is 5.43. The van der Waals surface area contributed by atoms with Crippen molar-refractivity contribution in [2.75, 3.05) is 0 Å². The first-order chi connectivity index (χ1) is 5.20. The molecule has 0 aromatic carbocycles. The molecule has 0 bridgehead atoms. The minimum Gasteiger partial charge on any atom is -0.388 e. The molecule has 0 saturated carbocycles. The average molecular weight is 169 g/mol. The first kappa shape index (κ1) is 8.20. The molecule has 0 fully saturated rings. The van der Waals surface area contributed by atoms with Gasteiger partial charge >= 0.3 is 0 Å². The van der Waals surface area contributed by atoms with Gasteiger partial charge in [0.25, 0.3) is 0 Å². The Bertz CT molecular complexity index is 236. The molecule has 0 spiro atoms. The van der Waals surface area contributed by atoms with Crippen molar-refractivity contribution in [3.05, 3.63) is 16.6 Å². The lowest BCUT2D eigenvalue weighted by Gasteiger charge is -2.00. The van der Waals surface area contributed by atoms with E-state index in [1.807, 2.05) is 12.3 Å². The summed E-state index contributed by atoms with van der Waals surface area (Å²) in [6.45, 7) is 3.76. The van der Waals surface area contributed by atoms with Crippen molar-refractivity contribution < 1.29 is 0 Å². The molecule has 0 aliphatic rings. The molecule has 1 aromatic heterocycles. The zero-order valence-corrected chi connectivity index (χ0v) is 7.43. The number of thiazole rings is 1. The van der Waals surface area contributed by atoms with Crippen LogP contribution in [0.25, 0.3) is 0 Å². The van der Waals surface area contributed by atoms with E-state index >= 15 is 0 Å². The Morgan fingerprint density at radius 2 is 2.55 bits per heavy atom.